The molecule has 0 saturated heterocycles. The summed E-state index contributed by atoms with van der Waals surface area (Å²) >= 11 is 0. The first-order valence-electron chi connectivity index (χ1n) is 8.91. The molecule has 1 N–H and O–H groups in total. The van der Waals surface area contributed by atoms with Crippen molar-refractivity contribution in [1.29, 1.82) is 0 Å². The van der Waals surface area contributed by atoms with E-state index in [1.54, 1.807) is 12.1 Å². The second kappa shape index (κ2) is 7.41. The standard InChI is InChI=1S/C22H19N3O2/c1-2-16-20(15-9-4-3-5-10-15)21(25-22(26)19-13-8-14-27-19)24-18-12-7-6-11-17(18)23-16/h3-14,20H,2H2,1H3,(H,24,25,26). The van der Waals surface area contributed by atoms with Gasteiger partial charge in [0.2, 0.25) is 0 Å². The van der Waals surface area contributed by atoms with E-state index in [4.69, 9.17) is 14.4 Å². The molecule has 1 aromatic heterocycles. The van der Waals surface area contributed by atoms with E-state index in [2.05, 4.69) is 12.2 Å². The van der Waals surface area contributed by atoms with Crippen LogP contribution in [0.25, 0.3) is 0 Å². The van der Waals surface area contributed by atoms with E-state index in [-0.39, 0.29) is 17.6 Å². The van der Waals surface area contributed by atoms with Crippen molar-refractivity contribution in [2.24, 2.45) is 9.98 Å². The Morgan fingerprint density at radius 3 is 2.33 bits per heavy atom. The smallest absolute Gasteiger partial charge is 0.292 e. The molecule has 134 valence electrons. The first-order valence-corrected chi connectivity index (χ1v) is 8.91. The fraction of sp³-hybridized carbons (Fsp3) is 0.136. The predicted molar refractivity (Wildman–Crippen MR) is 106 cm³/mol. The minimum absolute atomic E-state index is 0.234. The zero-order valence-corrected chi connectivity index (χ0v) is 14.9. The van der Waals surface area contributed by atoms with Crippen LogP contribution in [0.1, 0.15) is 35.4 Å². The Morgan fingerprint density at radius 2 is 1.67 bits per heavy atom. The molecule has 0 radical (unpaired) electrons. The Labute approximate surface area is 157 Å². The monoisotopic (exact) mass is 357 g/mol. The molecule has 5 nitrogen and oxygen atoms in total. The van der Waals surface area contributed by atoms with Gasteiger partial charge < -0.3 is 9.73 Å². The van der Waals surface area contributed by atoms with Crippen LogP contribution < -0.4 is 5.32 Å². The van der Waals surface area contributed by atoms with E-state index >= 15 is 0 Å². The van der Waals surface area contributed by atoms with Gasteiger partial charge in [-0.1, -0.05) is 49.4 Å². The molecule has 0 fully saturated rings. The van der Waals surface area contributed by atoms with Gasteiger partial charge in [-0.3, -0.25) is 9.79 Å². The highest BCUT2D eigenvalue weighted by atomic mass is 16.3. The molecule has 5 heteroatoms. The van der Waals surface area contributed by atoms with Crippen molar-refractivity contribution in [2.75, 3.05) is 0 Å². The maximum absolute atomic E-state index is 12.6. The number of carbonyl (C=O) groups is 1. The van der Waals surface area contributed by atoms with E-state index in [1.165, 1.54) is 6.26 Å². The summed E-state index contributed by atoms with van der Waals surface area (Å²) in [6, 6.07) is 21.0. The minimum Gasteiger partial charge on any atom is -0.459 e. The van der Waals surface area contributed by atoms with Gasteiger partial charge in [-0.25, -0.2) is 4.99 Å². The Bertz CT molecular complexity index is 1010. The molecule has 0 spiro atoms. The first-order chi connectivity index (χ1) is 13.3. The third kappa shape index (κ3) is 3.44. The maximum Gasteiger partial charge on any atom is 0.292 e. The highest BCUT2D eigenvalue weighted by Crippen LogP contribution is 2.35. The van der Waals surface area contributed by atoms with Gasteiger partial charge in [-0.2, -0.15) is 0 Å². The second-order valence-electron chi connectivity index (χ2n) is 6.22. The minimum atomic E-state index is -0.325. The van der Waals surface area contributed by atoms with Gasteiger partial charge in [0.05, 0.1) is 23.6 Å². The lowest BCUT2D eigenvalue weighted by Crippen LogP contribution is -2.37. The zero-order chi connectivity index (χ0) is 18.6. The van der Waals surface area contributed by atoms with Crippen molar-refractivity contribution in [2.45, 2.75) is 19.3 Å². The number of carbonyl (C=O) groups excluding carboxylic acids is 1. The van der Waals surface area contributed by atoms with Gasteiger partial charge in [0.1, 0.15) is 5.84 Å². The summed E-state index contributed by atoms with van der Waals surface area (Å²) in [7, 11) is 0. The van der Waals surface area contributed by atoms with Crippen molar-refractivity contribution in [1.82, 2.24) is 5.32 Å². The molecule has 1 aliphatic heterocycles. The van der Waals surface area contributed by atoms with Gasteiger partial charge in [-0.15, -0.1) is 0 Å². The normalized spacial score (nSPS) is 16.0. The molecule has 1 amide bonds. The van der Waals surface area contributed by atoms with Crippen LogP contribution in [-0.4, -0.2) is 17.5 Å². The summed E-state index contributed by atoms with van der Waals surface area (Å²) in [6.07, 6.45) is 2.22. The number of nitrogens with zero attached hydrogens (tertiary/aromatic N) is 2. The van der Waals surface area contributed by atoms with Gasteiger partial charge in [0.25, 0.3) is 5.91 Å². The number of aliphatic imine (C=N–C) groups is 2. The lowest BCUT2D eigenvalue weighted by molar-refractivity contribution is 0.0949. The zero-order valence-electron chi connectivity index (χ0n) is 14.9. The van der Waals surface area contributed by atoms with Crippen molar-refractivity contribution in [3.63, 3.8) is 0 Å². The summed E-state index contributed by atoms with van der Waals surface area (Å²) < 4.78 is 5.23. The number of hydrogen-bond acceptors (Lipinski definition) is 4. The predicted octanol–water partition coefficient (Wildman–Crippen LogP) is 5.02. The molecular formula is C22H19N3O2. The molecule has 1 unspecified atom stereocenters. The number of rotatable bonds is 3. The second-order valence-corrected chi connectivity index (χ2v) is 6.22. The third-order valence-electron chi connectivity index (χ3n) is 4.48. The highest BCUT2D eigenvalue weighted by molar-refractivity contribution is 6.19. The van der Waals surface area contributed by atoms with Crippen molar-refractivity contribution in [3.05, 3.63) is 84.3 Å². The summed E-state index contributed by atoms with van der Waals surface area (Å²) in [5, 5.41) is 2.95. The van der Waals surface area contributed by atoms with E-state index < -0.39 is 0 Å². The summed E-state index contributed by atoms with van der Waals surface area (Å²) in [6.45, 7) is 2.06. The first kappa shape index (κ1) is 17.0. The fourth-order valence-corrected chi connectivity index (χ4v) is 3.19. The summed E-state index contributed by atoms with van der Waals surface area (Å²) in [4.78, 5) is 22.3. The molecule has 4 rings (SSSR count). The van der Waals surface area contributed by atoms with E-state index in [0.717, 1.165) is 29.1 Å². The van der Waals surface area contributed by atoms with Crippen LogP contribution in [0.3, 0.4) is 0 Å². The lowest BCUT2D eigenvalue weighted by Gasteiger charge is -2.20. The van der Waals surface area contributed by atoms with Crippen LogP contribution in [0.2, 0.25) is 0 Å². The topological polar surface area (TPSA) is 67.0 Å². The maximum atomic E-state index is 12.6. The number of fused-ring (bicyclic) bond motifs is 1. The average molecular weight is 357 g/mol. The number of para-hydroxylation sites is 2. The van der Waals surface area contributed by atoms with Gasteiger partial charge in [0.15, 0.2) is 5.76 Å². The molecule has 0 saturated carbocycles. The molecule has 1 atom stereocenters. The molecule has 2 heterocycles. The number of benzene rings is 2. The Balaban J connectivity index is 1.83. The van der Waals surface area contributed by atoms with Crippen molar-refractivity contribution in [3.8, 4) is 0 Å². The van der Waals surface area contributed by atoms with Crippen LogP contribution in [0.5, 0.6) is 0 Å². The van der Waals surface area contributed by atoms with E-state index in [1.807, 2.05) is 54.6 Å². The van der Waals surface area contributed by atoms with Crippen molar-refractivity contribution < 1.29 is 9.21 Å². The average Bonchev–Trinajstić information content (AvgIpc) is 3.19. The Kier molecular flexibility index (Phi) is 4.66. The van der Waals surface area contributed by atoms with Gasteiger partial charge >= 0.3 is 0 Å². The molecule has 1 aliphatic rings. The molecule has 27 heavy (non-hydrogen) atoms. The van der Waals surface area contributed by atoms with Crippen LogP contribution in [0.4, 0.5) is 11.4 Å². The number of nitrogens with one attached hydrogen (secondary N) is 1. The van der Waals surface area contributed by atoms with Crippen LogP contribution in [0.15, 0.2) is 87.4 Å². The molecular weight excluding hydrogens is 338 g/mol. The molecule has 0 aliphatic carbocycles. The lowest BCUT2D eigenvalue weighted by atomic mass is 9.91. The largest absolute Gasteiger partial charge is 0.459 e. The quantitative estimate of drug-likeness (QED) is 0.715. The molecule has 0 bridgehead atoms. The van der Waals surface area contributed by atoms with Crippen LogP contribution >= 0.6 is 0 Å². The number of amidine groups is 1. The van der Waals surface area contributed by atoms with Crippen LogP contribution in [0, 0.1) is 0 Å². The highest BCUT2D eigenvalue weighted by Gasteiger charge is 2.28. The third-order valence-corrected chi connectivity index (χ3v) is 4.48. The number of hydrogen-bond donors (Lipinski definition) is 1. The summed E-state index contributed by atoms with van der Waals surface area (Å²) in [5.74, 6) is 0.238. The van der Waals surface area contributed by atoms with Crippen LogP contribution in [-0.2, 0) is 0 Å². The van der Waals surface area contributed by atoms with Gasteiger partial charge in [-0.05, 0) is 36.2 Å². The molecule has 3 aromatic rings. The molecule has 2 aromatic carbocycles. The summed E-state index contributed by atoms with van der Waals surface area (Å²) in [5.41, 5.74) is 3.52. The number of amides is 1. The Morgan fingerprint density at radius 1 is 0.963 bits per heavy atom. The SMILES string of the molecule is CCC1=Nc2ccccc2N=C(NC(=O)c2ccco2)C1c1ccccc1. The number of furan rings is 1. The fourth-order valence-electron chi connectivity index (χ4n) is 3.19. The van der Waals surface area contributed by atoms with E-state index in [9.17, 15) is 4.79 Å². The van der Waals surface area contributed by atoms with Gasteiger partial charge in [0, 0.05) is 5.71 Å². The van der Waals surface area contributed by atoms with E-state index in [0.29, 0.717) is 5.84 Å². The Hall–Kier alpha value is -3.47. The van der Waals surface area contributed by atoms with Crippen molar-refractivity contribution >= 4 is 28.8 Å².